The van der Waals surface area contributed by atoms with Gasteiger partial charge in [0.05, 0.1) is 6.04 Å². The maximum Gasteiger partial charge on any atom is 0.237 e. The maximum absolute atomic E-state index is 11.7. The van der Waals surface area contributed by atoms with Crippen molar-refractivity contribution in [1.29, 1.82) is 0 Å². The first-order chi connectivity index (χ1) is 7.04. The van der Waals surface area contributed by atoms with Gasteiger partial charge >= 0.3 is 0 Å². The molecule has 2 atom stereocenters. The predicted molar refractivity (Wildman–Crippen MR) is 65.9 cm³/mol. The van der Waals surface area contributed by atoms with Crippen LogP contribution in [0.2, 0.25) is 0 Å². The first-order valence-electron chi connectivity index (χ1n) is 5.63. The van der Waals surface area contributed by atoms with E-state index in [1.165, 1.54) is 12.8 Å². The molecule has 1 saturated carbocycles. The molecule has 1 aliphatic rings. The van der Waals surface area contributed by atoms with Gasteiger partial charge in [-0.2, -0.15) is 11.8 Å². The second-order valence-corrected chi connectivity index (χ2v) is 5.79. The third kappa shape index (κ3) is 3.38. The Balaban J connectivity index is 2.29. The summed E-state index contributed by atoms with van der Waals surface area (Å²) in [6, 6.07) is -0.354. The van der Waals surface area contributed by atoms with Gasteiger partial charge in [-0.05, 0) is 25.0 Å². The van der Waals surface area contributed by atoms with Crippen molar-refractivity contribution in [3.63, 3.8) is 0 Å². The summed E-state index contributed by atoms with van der Waals surface area (Å²) in [5.41, 5.74) is 5.84. The zero-order chi connectivity index (χ0) is 11.5. The van der Waals surface area contributed by atoms with E-state index in [0.29, 0.717) is 4.75 Å². The fraction of sp³-hybridized carbons (Fsp3) is 0.909. The molecule has 0 bridgehead atoms. The minimum Gasteiger partial charge on any atom is -0.353 e. The van der Waals surface area contributed by atoms with Crippen molar-refractivity contribution in [2.75, 3.05) is 12.8 Å². The average Bonchev–Trinajstić information content (AvgIpc) is 3.04. The Labute approximate surface area is 96.6 Å². The molecule has 4 heteroatoms. The molecule has 0 aromatic carbocycles. The summed E-state index contributed by atoms with van der Waals surface area (Å²) < 4.78 is 0.324. The molecule has 0 aromatic rings. The summed E-state index contributed by atoms with van der Waals surface area (Å²) in [4.78, 5) is 11.7. The van der Waals surface area contributed by atoms with Crippen LogP contribution in [0.15, 0.2) is 0 Å². The molecule has 1 amide bonds. The number of carbonyl (C=O) groups excluding carboxylic acids is 1. The lowest BCUT2D eigenvalue weighted by molar-refractivity contribution is -0.123. The molecule has 3 N–H and O–H groups in total. The molecule has 0 aromatic heterocycles. The van der Waals surface area contributed by atoms with E-state index in [4.69, 9.17) is 5.73 Å². The van der Waals surface area contributed by atoms with E-state index in [1.807, 2.05) is 18.7 Å². The van der Waals surface area contributed by atoms with Crippen molar-refractivity contribution in [3.8, 4) is 0 Å². The zero-order valence-corrected chi connectivity index (χ0v) is 10.7. The third-order valence-electron chi connectivity index (χ3n) is 3.39. The van der Waals surface area contributed by atoms with Crippen LogP contribution in [-0.4, -0.2) is 29.5 Å². The van der Waals surface area contributed by atoms with E-state index in [-0.39, 0.29) is 17.9 Å². The minimum atomic E-state index is -0.354. The molecule has 0 saturated heterocycles. The van der Waals surface area contributed by atoms with Crippen LogP contribution in [0.5, 0.6) is 0 Å². The standard InChI is InChI=1S/C11H22N2OS/c1-4-8(2)9(12)10(14)13-7-11(15-3)5-6-11/h8-9H,4-7,12H2,1-3H3,(H,13,14). The van der Waals surface area contributed by atoms with Crippen LogP contribution < -0.4 is 11.1 Å². The number of hydrogen-bond acceptors (Lipinski definition) is 3. The number of nitrogens with two attached hydrogens (primary N) is 1. The van der Waals surface area contributed by atoms with Crippen LogP contribution in [0.3, 0.4) is 0 Å². The summed E-state index contributed by atoms with van der Waals surface area (Å²) in [5, 5.41) is 2.97. The first kappa shape index (κ1) is 12.8. The first-order valence-corrected chi connectivity index (χ1v) is 6.85. The summed E-state index contributed by atoms with van der Waals surface area (Å²) in [7, 11) is 0. The van der Waals surface area contributed by atoms with E-state index in [1.54, 1.807) is 0 Å². The number of hydrogen-bond donors (Lipinski definition) is 2. The molecule has 0 spiro atoms. The molecular weight excluding hydrogens is 208 g/mol. The van der Waals surface area contributed by atoms with Crippen LogP contribution in [-0.2, 0) is 4.79 Å². The molecular formula is C11H22N2OS. The number of thioether (sulfide) groups is 1. The summed E-state index contributed by atoms with van der Waals surface area (Å²) in [6.07, 6.45) is 5.48. The molecule has 1 rings (SSSR count). The lowest BCUT2D eigenvalue weighted by Crippen LogP contribution is -2.46. The second kappa shape index (κ2) is 5.21. The van der Waals surface area contributed by atoms with Crippen molar-refractivity contribution in [2.45, 2.75) is 43.9 Å². The lowest BCUT2D eigenvalue weighted by Gasteiger charge is -2.20. The SMILES string of the molecule is CCC(C)C(N)C(=O)NCC1(SC)CC1. The number of carbonyl (C=O) groups is 1. The highest BCUT2D eigenvalue weighted by atomic mass is 32.2. The lowest BCUT2D eigenvalue weighted by atomic mass is 9.99. The molecule has 3 nitrogen and oxygen atoms in total. The second-order valence-electron chi connectivity index (χ2n) is 4.52. The van der Waals surface area contributed by atoms with E-state index in [0.717, 1.165) is 13.0 Å². The van der Waals surface area contributed by atoms with E-state index in [9.17, 15) is 4.79 Å². The Morgan fingerprint density at radius 2 is 2.20 bits per heavy atom. The highest BCUT2D eigenvalue weighted by Gasteiger charge is 2.42. The van der Waals surface area contributed by atoms with Gasteiger partial charge in [-0.25, -0.2) is 0 Å². The summed E-state index contributed by atoms with van der Waals surface area (Å²) in [5.74, 6) is 0.263. The Morgan fingerprint density at radius 3 is 2.60 bits per heavy atom. The van der Waals surface area contributed by atoms with Gasteiger partial charge in [0.2, 0.25) is 5.91 Å². The normalized spacial score (nSPS) is 21.9. The predicted octanol–water partition coefficient (Wildman–Crippen LogP) is 1.37. The van der Waals surface area contributed by atoms with E-state index < -0.39 is 0 Å². The van der Waals surface area contributed by atoms with Gasteiger partial charge in [0.1, 0.15) is 0 Å². The smallest absolute Gasteiger partial charge is 0.237 e. The van der Waals surface area contributed by atoms with Crippen LogP contribution >= 0.6 is 11.8 Å². The fourth-order valence-electron chi connectivity index (χ4n) is 1.47. The third-order valence-corrected chi connectivity index (χ3v) is 4.80. The molecule has 0 radical (unpaired) electrons. The Morgan fingerprint density at radius 1 is 1.60 bits per heavy atom. The molecule has 88 valence electrons. The van der Waals surface area contributed by atoms with Crippen molar-refractivity contribution in [2.24, 2.45) is 11.7 Å². The van der Waals surface area contributed by atoms with Crippen LogP contribution in [0.25, 0.3) is 0 Å². The fourth-order valence-corrected chi connectivity index (χ4v) is 2.20. The largest absolute Gasteiger partial charge is 0.353 e. The molecule has 0 aliphatic heterocycles. The topological polar surface area (TPSA) is 55.1 Å². The van der Waals surface area contributed by atoms with Crippen molar-refractivity contribution >= 4 is 17.7 Å². The molecule has 15 heavy (non-hydrogen) atoms. The molecule has 1 aliphatic carbocycles. The quantitative estimate of drug-likeness (QED) is 0.724. The van der Waals surface area contributed by atoms with Gasteiger partial charge in [0.25, 0.3) is 0 Å². The number of rotatable bonds is 6. The summed E-state index contributed by atoms with van der Waals surface area (Å²) in [6.45, 7) is 4.85. The number of amides is 1. The van der Waals surface area contributed by atoms with Crippen molar-refractivity contribution in [3.05, 3.63) is 0 Å². The van der Waals surface area contributed by atoms with E-state index >= 15 is 0 Å². The van der Waals surface area contributed by atoms with Crippen LogP contribution in [0.4, 0.5) is 0 Å². The highest BCUT2D eigenvalue weighted by Crippen LogP contribution is 2.46. The van der Waals surface area contributed by atoms with Gasteiger partial charge in [-0.15, -0.1) is 0 Å². The average molecular weight is 230 g/mol. The Hall–Kier alpha value is -0.220. The van der Waals surface area contributed by atoms with Crippen molar-refractivity contribution < 1.29 is 4.79 Å². The van der Waals surface area contributed by atoms with Crippen LogP contribution in [0, 0.1) is 5.92 Å². The van der Waals surface area contributed by atoms with Gasteiger partial charge in [-0.3, -0.25) is 4.79 Å². The Bertz CT molecular complexity index is 229. The van der Waals surface area contributed by atoms with Gasteiger partial charge in [-0.1, -0.05) is 20.3 Å². The maximum atomic E-state index is 11.7. The van der Waals surface area contributed by atoms with Crippen molar-refractivity contribution in [1.82, 2.24) is 5.32 Å². The Kier molecular flexibility index (Phi) is 4.46. The molecule has 2 unspecified atom stereocenters. The molecule has 0 heterocycles. The highest BCUT2D eigenvalue weighted by molar-refractivity contribution is 8.00. The van der Waals surface area contributed by atoms with Gasteiger partial charge < -0.3 is 11.1 Å². The summed E-state index contributed by atoms with van der Waals surface area (Å²) >= 11 is 1.85. The van der Waals surface area contributed by atoms with Gasteiger partial charge in [0.15, 0.2) is 0 Å². The monoisotopic (exact) mass is 230 g/mol. The van der Waals surface area contributed by atoms with E-state index in [2.05, 4.69) is 18.5 Å². The van der Waals surface area contributed by atoms with Crippen LogP contribution in [0.1, 0.15) is 33.1 Å². The minimum absolute atomic E-state index is 0.00433. The number of nitrogens with one attached hydrogen (secondary N) is 1. The molecule has 1 fully saturated rings. The zero-order valence-electron chi connectivity index (χ0n) is 9.88. The van der Waals surface area contributed by atoms with Gasteiger partial charge in [0, 0.05) is 11.3 Å².